The van der Waals surface area contributed by atoms with Gasteiger partial charge in [0.05, 0.1) is 64.8 Å². The highest BCUT2D eigenvalue weighted by Gasteiger charge is 2.37. The fourth-order valence-electron chi connectivity index (χ4n) is 6.81. The van der Waals surface area contributed by atoms with Crippen molar-refractivity contribution in [2.24, 2.45) is 11.7 Å². The molecule has 2 fully saturated rings. The number of imidazole rings is 1. The number of fused-ring (bicyclic) bond motifs is 1. The number of nitriles is 1. The standard InChI is InChI=1S/C33H37F2N7O4S/c1-20-13-21(14-27(37)31(20)46-11-12-47(2,43)44)24-5-8-38-18-29(24)40-32-39-17-23-3-4-28(41-42(23)32)30-25(34)15-22(16-26(30)35)33(19-36)6-9-45-10-7-33/h3-5,8,15-18,20-21,27,31H,6-7,9-14,37H2,1-2H3,(H,39,40). The molecule has 4 heterocycles. The van der Waals surface area contributed by atoms with E-state index in [9.17, 15) is 13.7 Å². The number of nitrogens with one attached hydrogen (secondary N) is 1. The van der Waals surface area contributed by atoms with Crippen LogP contribution in [0, 0.1) is 28.9 Å². The van der Waals surface area contributed by atoms with Crippen molar-refractivity contribution in [1.29, 1.82) is 5.26 Å². The number of pyridine rings is 1. The van der Waals surface area contributed by atoms with E-state index in [0.29, 0.717) is 55.2 Å². The predicted molar refractivity (Wildman–Crippen MR) is 172 cm³/mol. The summed E-state index contributed by atoms with van der Waals surface area (Å²) in [6.07, 6.45) is 8.01. The first-order valence-electron chi connectivity index (χ1n) is 15.6. The molecule has 3 N–H and O–H groups in total. The number of hydrogen-bond donors (Lipinski definition) is 2. The zero-order valence-corrected chi connectivity index (χ0v) is 27.0. The Balaban J connectivity index is 1.25. The SMILES string of the molecule is CC1CC(c2ccncc2Nc2ncc3ccc(-c4c(F)cc(C5(C#N)CCOCC5)cc4F)nn23)CC(N)C1OCCS(C)(=O)=O. The number of nitrogens with zero attached hydrogens (tertiary/aromatic N) is 5. The van der Waals surface area contributed by atoms with Gasteiger partial charge in [0.2, 0.25) is 5.95 Å². The molecular weight excluding hydrogens is 628 g/mol. The number of rotatable bonds is 9. The van der Waals surface area contributed by atoms with Crippen molar-refractivity contribution in [2.45, 2.75) is 56.1 Å². The van der Waals surface area contributed by atoms with Gasteiger partial charge in [0.15, 0.2) is 0 Å². The molecule has 1 aliphatic carbocycles. The van der Waals surface area contributed by atoms with E-state index in [2.05, 4.69) is 26.5 Å². The lowest BCUT2D eigenvalue weighted by Crippen LogP contribution is -2.47. The van der Waals surface area contributed by atoms with Crippen LogP contribution in [0.25, 0.3) is 16.8 Å². The normalized spacial score (nSPS) is 23.0. The second-order valence-corrected chi connectivity index (χ2v) is 14.9. The van der Waals surface area contributed by atoms with Gasteiger partial charge in [-0.25, -0.2) is 22.2 Å². The Morgan fingerprint density at radius 2 is 1.91 bits per heavy atom. The molecule has 0 bridgehead atoms. The van der Waals surface area contributed by atoms with E-state index in [1.165, 1.54) is 29.0 Å². The Morgan fingerprint density at radius 3 is 2.60 bits per heavy atom. The lowest BCUT2D eigenvalue weighted by molar-refractivity contribution is -0.0152. The van der Waals surface area contributed by atoms with E-state index in [1.807, 2.05) is 13.0 Å². The van der Waals surface area contributed by atoms with Gasteiger partial charge in [0.25, 0.3) is 0 Å². The molecule has 11 nitrogen and oxygen atoms in total. The molecule has 4 aromatic rings. The zero-order chi connectivity index (χ0) is 33.3. The minimum atomic E-state index is -3.14. The lowest BCUT2D eigenvalue weighted by Gasteiger charge is -2.39. The third-order valence-electron chi connectivity index (χ3n) is 9.30. The van der Waals surface area contributed by atoms with Gasteiger partial charge in [-0.2, -0.15) is 14.9 Å². The smallest absolute Gasteiger partial charge is 0.229 e. The van der Waals surface area contributed by atoms with Crippen LogP contribution in [0.4, 0.5) is 20.4 Å². The molecule has 1 saturated carbocycles. The highest BCUT2D eigenvalue weighted by atomic mass is 32.2. The Labute approximate surface area is 272 Å². The number of ether oxygens (including phenoxy) is 2. The van der Waals surface area contributed by atoms with Crippen molar-refractivity contribution in [1.82, 2.24) is 19.6 Å². The number of benzene rings is 1. The van der Waals surface area contributed by atoms with Gasteiger partial charge in [-0.3, -0.25) is 4.98 Å². The summed E-state index contributed by atoms with van der Waals surface area (Å²) in [7, 11) is -3.14. The van der Waals surface area contributed by atoms with Crippen LogP contribution >= 0.6 is 0 Å². The van der Waals surface area contributed by atoms with Crippen LogP contribution < -0.4 is 11.1 Å². The maximum atomic E-state index is 15.6. The zero-order valence-electron chi connectivity index (χ0n) is 26.2. The maximum absolute atomic E-state index is 15.6. The summed E-state index contributed by atoms with van der Waals surface area (Å²) < 4.78 is 67.0. The summed E-state index contributed by atoms with van der Waals surface area (Å²) >= 11 is 0. The van der Waals surface area contributed by atoms with Crippen molar-refractivity contribution in [3.05, 3.63) is 71.7 Å². The summed E-state index contributed by atoms with van der Waals surface area (Å²) in [5, 5.41) is 17.8. The highest BCUT2D eigenvalue weighted by Crippen LogP contribution is 2.41. The van der Waals surface area contributed by atoms with Crippen molar-refractivity contribution in [3.8, 4) is 17.3 Å². The quantitative estimate of drug-likeness (QED) is 0.258. The first-order valence-corrected chi connectivity index (χ1v) is 17.6. The van der Waals surface area contributed by atoms with E-state index in [1.54, 1.807) is 24.7 Å². The summed E-state index contributed by atoms with van der Waals surface area (Å²) in [4.78, 5) is 8.78. The van der Waals surface area contributed by atoms with Gasteiger partial charge < -0.3 is 20.5 Å². The third-order valence-corrected chi connectivity index (χ3v) is 10.2. The molecule has 248 valence electrons. The monoisotopic (exact) mass is 665 g/mol. The van der Waals surface area contributed by atoms with Gasteiger partial charge >= 0.3 is 0 Å². The highest BCUT2D eigenvalue weighted by molar-refractivity contribution is 7.90. The molecule has 6 rings (SSSR count). The molecule has 0 radical (unpaired) electrons. The number of hydrogen-bond acceptors (Lipinski definition) is 10. The summed E-state index contributed by atoms with van der Waals surface area (Å²) in [6.45, 7) is 2.85. The molecule has 0 spiro atoms. The molecule has 1 aromatic carbocycles. The average molecular weight is 666 g/mol. The fourth-order valence-corrected chi connectivity index (χ4v) is 7.21. The average Bonchev–Trinajstić information content (AvgIpc) is 3.43. The summed E-state index contributed by atoms with van der Waals surface area (Å²) in [6, 6.07) is 9.55. The van der Waals surface area contributed by atoms with Gasteiger partial charge in [-0.1, -0.05) is 6.92 Å². The largest absolute Gasteiger partial charge is 0.381 e. The first-order chi connectivity index (χ1) is 22.5. The third kappa shape index (κ3) is 6.85. The van der Waals surface area contributed by atoms with Crippen LogP contribution in [0.3, 0.4) is 0 Å². The second kappa shape index (κ2) is 13.2. The van der Waals surface area contributed by atoms with Gasteiger partial charge in [0, 0.05) is 31.7 Å². The Kier molecular flexibility index (Phi) is 9.26. The molecule has 2 aliphatic rings. The number of halogens is 2. The minimum Gasteiger partial charge on any atom is -0.381 e. The first kappa shape index (κ1) is 32.9. The van der Waals surface area contributed by atoms with Crippen LogP contribution in [-0.2, 0) is 24.7 Å². The van der Waals surface area contributed by atoms with Crippen molar-refractivity contribution < 1.29 is 26.7 Å². The van der Waals surface area contributed by atoms with Crippen LogP contribution in [0.2, 0.25) is 0 Å². The van der Waals surface area contributed by atoms with Crippen LogP contribution in [0.15, 0.2) is 48.9 Å². The van der Waals surface area contributed by atoms with E-state index in [4.69, 9.17) is 15.2 Å². The van der Waals surface area contributed by atoms with E-state index in [-0.39, 0.29) is 47.6 Å². The van der Waals surface area contributed by atoms with Crippen LogP contribution in [0.1, 0.15) is 49.7 Å². The number of sulfone groups is 1. The van der Waals surface area contributed by atoms with Crippen molar-refractivity contribution >= 4 is 27.0 Å². The van der Waals surface area contributed by atoms with E-state index in [0.717, 1.165) is 12.0 Å². The molecular formula is C33H37F2N7O4S. The Morgan fingerprint density at radius 1 is 1.17 bits per heavy atom. The molecule has 3 aromatic heterocycles. The number of anilines is 2. The van der Waals surface area contributed by atoms with E-state index < -0.39 is 26.9 Å². The van der Waals surface area contributed by atoms with E-state index >= 15 is 8.78 Å². The molecule has 4 unspecified atom stereocenters. The molecule has 4 atom stereocenters. The fraction of sp³-hybridized carbons (Fsp3) is 0.455. The van der Waals surface area contributed by atoms with Crippen molar-refractivity contribution in [3.63, 3.8) is 0 Å². The van der Waals surface area contributed by atoms with Crippen LogP contribution in [-0.4, -0.2) is 72.0 Å². The molecule has 1 aliphatic heterocycles. The summed E-state index contributed by atoms with van der Waals surface area (Å²) in [5.74, 6) is -1.21. The topological polar surface area (TPSA) is 158 Å². The van der Waals surface area contributed by atoms with Gasteiger partial charge in [-0.05, 0) is 79.0 Å². The maximum Gasteiger partial charge on any atom is 0.229 e. The van der Waals surface area contributed by atoms with Gasteiger partial charge in [-0.15, -0.1) is 0 Å². The lowest BCUT2D eigenvalue weighted by atomic mass is 9.74. The minimum absolute atomic E-state index is 0.0544. The molecule has 14 heteroatoms. The molecule has 1 saturated heterocycles. The Bertz CT molecular complexity index is 1890. The second-order valence-electron chi connectivity index (χ2n) is 12.6. The summed E-state index contributed by atoms with van der Waals surface area (Å²) in [5.41, 5.74) is 7.87. The van der Waals surface area contributed by atoms with Crippen molar-refractivity contribution in [2.75, 3.05) is 37.1 Å². The number of aromatic nitrogens is 4. The number of nitrogens with two attached hydrogens (primary N) is 1. The van der Waals surface area contributed by atoms with Gasteiger partial charge in [0.1, 0.15) is 21.5 Å². The van der Waals surface area contributed by atoms with Crippen LogP contribution in [0.5, 0.6) is 0 Å². The molecule has 0 amide bonds. The predicted octanol–water partition coefficient (Wildman–Crippen LogP) is 4.66. The molecule has 47 heavy (non-hydrogen) atoms. The Hall–Kier alpha value is -4.03.